The van der Waals surface area contributed by atoms with E-state index in [2.05, 4.69) is 48.5 Å². The molecule has 0 atom stereocenters. The summed E-state index contributed by atoms with van der Waals surface area (Å²) in [5, 5.41) is 3.01. The highest BCUT2D eigenvalue weighted by atomic mass is 16.5. The highest BCUT2D eigenvalue weighted by Crippen LogP contribution is 2.19. The number of hydrogen-bond acceptors (Lipinski definition) is 3. The lowest BCUT2D eigenvalue weighted by Gasteiger charge is -2.29. The topological polar surface area (TPSA) is 41.6 Å². The molecule has 0 bridgehead atoms. The molecular formula is C24H32N2O2. The Labute approximate surface area is 168 Å². The molecule has 150 valence electrons. The van der Waals surface area contributed by atoms with Gasteiger partial charge in [0, 0.05) is 26.1 Å². The molecule has 0 radical (unpaired) electrons. The summed E-state index contributed by atoms with van der Waals surface area (Å²) in [5.74, 6) is 1.01. The molecule has 2 aromatic rings. The Morgan fingerprint density at radius 2 is 1.61 bits per heavy atom. The van der Waals surface area contributed by atoms with Crippen LogP contribution in [0.15, 0.2) is 48.5 Å². The minimum atomic E-state index is 0.0891. The summed E-state index contributed by atoms with van der Waals surface area (Å²) in [4.78, 5) is 14.5. The Balaban J connectivity index is 1.38. The summed E-state index contributed by atoms with van der Waals surface area (Å²) in [7, 11) is 2.15. The fraction of sp³-hybridized carbons (Fsp3) is 0.458. The zero-order valence-electron chi connectivity index (χ0n) is 17.1. The van der Waals surface area contributed by atoms with Crippen LogP contribution in [0.3, 0.4) is 0 Å². The largest absolute Gasteiger partial charge is 0.490 e. The van der Waals surface area contributed by atoms with Crippen LogP contribution in [0.2, 0.25) is 0 Å². The van der Waals surface area contributed by atoms with Gasteiger partial charge in [0.15, 0.2) is 0 Å². The second kappa shape index (κ2) is 10.3. The van der Waals surface area contributed by atoms with E-state index in [-0.39, 0.29) is 5.91 Å². The van der Waals surface area contributed by atoms with Crippen molar-refractivity contribution in [2.24, 2.45) is 0 Å². The van der Waals surface area contributed by atoms with Crippen LogP contribution in [-0.4, -0.2) is 37.0 Å². The molecule has 1 fully saturated rings. The Hall–Kier alpha value is -2.33. The molecule has 1 heterocycles. The van der Waals surface area contributed by atoms with Gasteiger partial charge >= 0.3 is 0 Å². The van der Waals surface area contributed by atoms with Crippen LogP contribution in [-0.2, 0) is 24.2 Å². The maximum Gasteiger partial charge on any atom is 0.220 e. The zero-order valence-corrected chi connectivity index (χ0v) is 17.1. The third-order valence-corrected chi connectivity index (χ3v) is 5.45. The first-order chi connectivity index (χ1) is 13.6. The number of nitrogens with zero attached hydrogens (tertiary/aromatic N) is 1. The number of ether oxygens (including phenoxy) is 1. The van der Waals surface area contributed by atoms with E-state index in [0.717, 1.165) is 50.1 Å². The van der Waals surface area contributed by atoms with Gasteiger partial charge < -0.3 is 15.0 Å². The van der Waals surface area contributed by atoms with Crippen LogP contribution >= 0.6 is 0 Å². The van der Waals surface area contributed by atoms with Gasteiger partial charge in [0.25, 0.3) is 0 Å². The molecule has 4 heteroatoms. The third-order valence-electron chi connectivity index (χ3n) is 5.45. The first-order valence-electron chi connectivity index (χ1n) is 10.4. The van der Waals surface area contributed by atoms with Crippen molar-refractivity contribution in [2.75, 3.05) is 20.1 Å². The monoisotopic (exact) mass is 380 g/mol. The molecule has 28 heavy (non-hydrogen) atoms. The highest BCUT2D eigenvalue weighted by Gasteiger charge is 2.17. The van der Waals surface area contributed by atoms with E-state index in [0.29, 0.717) is 19.1 Å². The van der Waals surface area contributed by atoms with Gasteiger partial charge in [-0.05, 0) is 61.6 Å². The molecule has 0 spiro atoms. The third kappa shape index (κ3) is 6.38. The number of carbonyl (C=O) groups is 1. The Morgan fingerprint density at radius 3 is 2.25 bits per heavy atom. The van der Waals surface area contributed by atoms with Gasteiger partial charge in [-0.1, -0.05) is 43.3 Å². The second-order valence-electron chi connectivity index (χ2n) is 7.71. The lowest BCUT2D eigenvalue weighted by atomic mass is 10.1. The second-order valence-corrected chi connectivity index (χ2v) is 7.71. The van der Waals surface area contributed by atoms with E-state index in [1.54, 1.807) is 0 Å². The maximum atomic E-state index is 12.1. The normalized spacial score (nSPS) is 15.4. The van der Waals surface area contributed by atoms with E-state index in [1.165, 1.54) is 11.1 Å². The van der Waals surface area contributed by atoms with Crippen LogP contribution in [0, 0.1) is 0 Å². The average molecular weight is 381 g/mol. The van der Waals surface area contributed by atoms with Crippen LogP contribution in [0.4, 0.5) is 0 Å². The van der Waals surface area contributed by atoms with Gasteiger partial charge in [-0.25, -0.2) is 0 Å². The van der Waals surface area contributed by atoms with Gasteiger partial charge in [0.2, 0.25) is 5.91 Å². The molecule has 0 saturated carbocycles. The zero-order chi connectivity index (χ0) is 19.8. The van der Waals surface area contributed by atoms with Gasteiger partial charge in [-0.15, -0.1) is 0 Å². The summed E-state index contributed by atoms with van der Waals surface area (Å²) in [5.41, 5.74) is 3.63. The molecule has 0 unspecified atom stereocenters. The fourth-order valence-corrected chi connectivity index (χ4v) is 3.47. The van der Waals surface area contributed by atoms with Crippen LogP contribution in [0.1, 0.15) is 42.9 Å². The minimum Gasteiger partial charge on any atom is -0.490 e. The molecule has 3 rings (SSSR count). The Bertz CT molecular complexity index is 732. The van der Waals surface area contributed by atoms with E-state index < -0.39 is 0 Å². The van der Waals surface area contributed by atoms with Crippen molar-refractivity contribution in [2.45, 2.75) is 51.7 Å². The Kier molecular flexibility index (Phi) is 7.49. The first-order valence-corrected chi connectivity index (χ1v) is 10.4. The van der Waals surface area contributed by atoms with Crippen LogP contribution in [0.25, 0.3) is 0 Å². The molecule has 1 aliphatic heterocycles. The minimum absolute atomic E-state index is 0.0891. The standard InChI is InChI=1S/C24H32N2O2/c1-3-19-4-6-20(7-5-19)10-13-24(27)25-18-21-8-11-22(12-9-21)28-23-14-16-26(2)17-15-23/h4-9,11-12,23H,3,10,13-18H2,1-2H3,(H,25,27). The quantitative estimate of drug-likeness (QED) is 0.753. The molecule has 1 aliphatic rings. The van der Waals surface area contributed by atoms with Gasteiger partial charge in [-0.2, -0.15) is 0 Å². The predicted molar refractivity (Wildman–Crippen MR) is 114 cm³/mol. The summed E-state index contributed by atoms with van der Waals surface area (Å²) < 4.78 is 6.07. The van der Waals surface area contributed by atoms with Crippen LogP contribution in [0.5, 0.6) is 5.75 Å². The summed E-state index contributed by atoms with van der Waals surface area (Å²) in [6, 6.07) is 16.6. The number of likely N-dealkylation sites (tertiary alicyclic amines) is 1. The lowest BCUT2D eigenvalue weighted by Crippen LogP contribution is -2.35. The summed E-state index contributed by atoms with van der Waals surface area (Å²) >= 11 is 0. The number of carbonyl (C=O) groups excluding carboxylic acids is 1. The summed E-state index contributed by atoms with van der Waals surface area (Å²) in [6.45, 7) is 4.90. The molecule has 1 amide bonds. The number of benzene rings is 2. The van der Waals surface area contributed by atoms with Gasteiger partial charge in [0.05, 0.1) is 0 Å². The molecule has 1 saturated heterocycles. The van der Waals surface area contributed by atoms with E-state index in [1.807, 2.05) is 24.3 Å². The number of aryl methyl sites for hydroxylation is 2. The predicted octanol–water partition coefficient (Wildman–Crippen LogP) is 3.97. The van der Waals surface area contributed by atoms with Crippen molar-refractivity contribution in [1.82, 2.24) is 10.2 Å². The van der Waals surface area contributed by atoms with E-state index in [9.17, 15) is 4.79 Å². The van der Waals surface area contributed by atoms with Crippen molar-refractivity contribution in [3.05, 3.63) is 65.2 Å². The molecule has 4 nitrogen and oxygen atoms in total. The van der Waals surface area contributed by atoms with Crippen molar-refractivity contribution in [3.63, 3.8) is 0 Å². The smallest absolute Gasteiger partial charge is 0.220 e. The number of rotatable bonds is 8. The Morgan fingerprint density at radius 1 is 1.00 bits per heavy atom. The van der Waals surface area contributed by atoms with Crippen molar-refractivity contribution >= 4 is 5.91 Å². The maximum absolute atomic E-state index is 12.1. The lowest BCUT2D eigenvalue weighted by molar-refractivity contribution is -0.121. The van der Waals surface area contributed by atoms with E-state index >= 15 is 0 Å². The average Bonchev–Trinajstić information content (AvgIpc) is 2.74. The number of piperidine rings is 1. The van der Waals surface area contributed by atoms with Crippen molar-refractivity contribution in [3.8, 4) is 5.75 Å². The molecule has 1 N–H and O–H groups in total. The SMILES string of the molecule is CCc1ccc(CCC(=O)NCc2ccc(OC3CCN(C)CC3)cc2)cc1. The van der Waals surface area contributed by atoms with Crippen LogP contribution < -0.4 is 10.1 Å². The summed E-state index contributed by atoms with van der Waals surface area (Å²) in [6.07, 6.45) is 4.81. The highest BCUT2D eigenvalue weighted by molar-refractivity contribution is 5.76. The van der Waals surface area contributed by atoms with Crippen molar-refractivity contribution in [1.29, 1.82) is 0 Å². The molecule has 0 aromatic heterocycles. The number of nitrogens with one attached hydrogen (secondary N) is 1. The van der Waals surface area contributed by atoms with Gasteiger partial charge in [0.1, 0.15) is 11.9 Å². The molecule has 2 aromatic carbocycles. The van der Waals surface area contributed by atoms with Crippen molar-refractivity contribution < 1.29 is 9.53 Å². The van der Waals surface area contributed by atoms with Gasteiger partial charge in [-0.3, -0.25) is 4.79 Å². The molecule has 0 aliphatic carbocycles. The molecular weight excluding hydrogens is 348 g/mol. The number of amides is 1. The fourth-order valence-electron chi connectivity index (χ4n) is 3.47. The first kappa shape index (κ1) is 20.4. The van der Waals surface area contributed by atoms with E-state index in [4.69, 9.17) is 4.74 Å². The number of hydrogen-bond donors (Lipinski definition) is 1.